The molecule has 118 valence electrons. The predicted molar refractivity (Wildman–Crippen MR) is 86.0 cm³/mol. The first-order valence-electron chi connectivity index (χ1n) is 7.35. The Morgan fingerprint density at radius 2 is 2.05 bits per heavy atom. The van der Waals surface area contributed by atoms with Crippen LogP contribution in [0, 0.1) is 5.41 Å². The number of benzene rings is 1. The molecule has 0 saturated heterocycles. The van der Waals surface area contributed by atoms with Gasteiger partial charge in [0.25, 0.3) is 0 Å². The van der Waals surface area contributed by atoms with Gasteiger partial charge >= 0.3 is 0 Å². The number of nitrogens with one attached hydrogen (secondary N) is 2. The van der Waals surface area contributed by atoms with E-state index in [9.17, 15) is 8.42 Å². The van der Waals surface area contributed by atoms with E-state index in [2.05, 4.69) is 23.9 Å². The average Bonchev–Trinajstić information content (AvgIpc) is 3.17. The van der Waals surface area contributed by atoms with Crippen LogP contribution < -0.4 is 10.0 Å². The van der Waals surface area contributed by atoms with Crippen molar-refractivity contribution in [3.05, 3.63) is 28.8 Å². The van der Waals surface area contributed by atoms with Crippen LogP contribution >= 0.6 is 11.6 Å². The van der Waals surface area contributed by atoms with Gasteiger partial charge in [-0.2, -0.15) is 0 Å². The van der Waals surface area contributed by atoms with Gasteiger partial charge in [-0.1, -0.05) is 25.4 Å². The van der Waals surface area contributed by atoms with Crippen LogP contribution in [0.15, 0.2) is 23.1 Å². The highest BCUT2D eigenvalue weighted by molar-refractivity contribution is 7.89. The molecule has 4 nitrogen and oxygen atoms in total. The molecule has 1 fully saturated rings. The molecular weight excluding hydrogens is 308 g/mol. The van der Waals surface area contributed by atoms with E-state index in [1.54, 1.807) is 18.2 Å². The topological polar surface area (TPSA) is 58.2 Å². The summed E-state index contributed by atoms with van der Waals surface area (Å²) in [7, 11) is -3.46. The summed E-state index contributed by atoms with van der Waals surface area (Å²) in [6, 6.07) is 4.86. The number of rotatable bonds is 8. The minimum Gasteiger partial charge on any atom is -0.313 e. The van der Waals surface area contributed by atoms with Crippen molar-refractivity contribution in [3.63, 3.8) is 0 Å². The number of halogens is 1. The summed E-state index contributed by atoms with van der Waals surface area (Å²) >= 11 is 6.13. The van der Waals surface area contributed by atoms with Crippen molar-refractivity contribution >= 4 is 21.6 Å². The highest BCUT2D eigenvalue weighted by Gasteiger charge is 2.38. The Bertz CT molecular complexity index is 598. The highest BCUT2D eigenvalue weighted by Crippen LogP contribution is 2.44. The third-order valence-electron chi connectivity index (χ3n) is 3.86. The molecule has 1 aliphatic rings. The Labute approximate surface area is 132 Å². The Hall–Kier alpha value is -0.620. The first-order chi connectivity index (χ1) is 9.86. The summed E-state index contributed by atoms with van der Waals surface area (Å²) in [5.74, 6) is 0. The van der Waals surface area contributed by atoms with Gasteiger partial charge in [-0.25, -0.2) is 13.1 Å². The molecule has 0 spiro atoms. The normalized spacial score (nSPS) is 16.9. The molecule has 0 aromatic heterocycles. The molecule has 2 rings (SSSR count). The zero-order valence-corrected chi connectivity index (χ0v) is 14.1. The number of hydrogen-bond acceptors (Lipinski definition) is 3. The maximum atomic E-state index is 12.3. The standard InChI is InChI=1S/C15H23ClN2O2S/c1-3-8-17-10-12-9-13(4-5-14(12)16)21(19,20)18-11-15(2)6-7-15/h4-5,9,17-18H,3,6-8,10-11H2,1-2H3. The monoisotopic (exact) mass is 330 g/mol. The number of sulfonamides is 1. The van der Waals surface area contributed by atoms with Gasteiger partial charge in [-0.15, -0.1) is 0 Å². The molecule has 1 aromatic rings. The van der Waals surface area contributed by atoms with Crippen molar-refractivity contribution in [3.8, 4) is 0 Å². The van der Waals surface area contributed by atoms with Crippen molar-refractivity contribution in [2.75, 3.05) is 13.1 Å². The first kappa shape index (κ1) is 16.7. The Morgan fingerprint density at radius 1 is 1.33 bits per heavy atom. The van der Waals surface area contributed by atoms with Crippen LogP contribution in [0.2, 0.25) is 5.02 Å². The molecule has 2 N–H and O–H groups in total. The Kier molecular flexibility index (Phi) is 5.30. The summed E-state index contributed by atoms with van der Waals surface area (Å²) in [6.45, 7) is 6.13. The van der Waals surface area contributed by atoms with Crippen molar-refractivity contribution in [1.29, 1.82) is 0 Å². The van der Waals surface area contributed by atoms with Crippen LogP contribution in [0.1, 0.15) is 38.7 Å². The molecule has 0 atom stereocenters. The summed E-state index contributed by atoms with van der Waals surface area (Å²) < 4.78 is 27.4. The second kappa shape index (κ2) is 6.65. The molecule has 0 bridgehead atoms. The van der Waals surface area contributed by atoms with Gasteiger partial charge in [0.15, 0.2) is 0 Å². The van der Waals surface area contributed by atoms with Crippen molar-refractivity contribution in [2.45, 2.75) is 44.6 Å². The summed E-state index contributed by atoms with van der Waals surface area (Å²) in [4.78, 5) is 0.282. The lowest BCUT2D eigenvalue weighted by molar-refractivity contribution is 0.530. The van der Waals surface area contributed by atoms with Crippen LogP contribution in [0.3, 0.4) is 0 Å². The zero-order valence-electron chi connectivity index (χ0n) is 12.6. The lowest BCUT2D eigenvalue weighted by atomic mass is 10.2. The van der Waals surface area contributed by atoms with E-state index in [4.69, 9.17) is 11.6 Å². The van der Waals surface area contributed by atoms with Crippen molar-refractivity contribution in [1.82, 2.24) is 10.0 Å². The van der Waals surface area contributed by atoms with Gasteiger partial charge in [0.1, 0.15) is 0 Å². The minimum absolute atomic E-state index is 0.144. The second-order valence-corrected chi connectivity index (χ2v) is 8.24. The lowest BCUT2D eigenvalue weighted by Gasteiger charge is -2.13. The fourth-order valence-corrected chi connectivity index (χ4v) is 3.43. The van der Waals surface area contributed by atoms with Crippen molar-refractivity contribution < 1.29 is 8.42 Å². The van der Waals surface area contributed by atoms with E-state index in [0.29, 0.717) is 18.1 Å². The van der Waals surface area contributed by atoms with E-state index in [0.717, 1.165) is 31.4 Å². The lowest BCUT2D eigenvalue weighted by Crippen LogP contribution is -2.29. The Balaban J connectivity index is 2.09. The fourth-order valence-electron chi connectivity index (χ4n) is 2.00. The van der Waals surface area contributed by atoms with E-state index < -0.39 is 10.0 Å². The van der Waals surface area contributed by atoms with Crippen LogP contribution in [-0.2, 0) is 16.6 Å². The van der Waals surface area contributed by atoms with Crippen LogP contribution in [0.5, 0.6) is 0 Å². The average molecular weight is 331 g/mol. The maximum absolute atomic E-state index is 12.3. The van der Waals surface area contributed by atoms with Gasteiger partial charge in [0.05, 0.1) is 4.90 Å². The summed E-state index contributed by atoms with van der Waals surface area (Å²) in [5, 5.41) is 3.83. The molecule has 1 saturated carbocycles. The minimum atomic E-state index is -3.46. The van der Waals surface area contributed by atoms with Gasteiger partial charge in [0, 0.05) is 18.1 Å². The summed E-state index contributed by atoms with van der Waals surface area (Å²) in [6.07, 6.45) is 3.19. The molecule has 0 unspecified atom stereocenters. The quantitative estimate of drug-likeness (QED) is 0.720. The number of hydrogen-bond donors (Lipinski definition) is 2. The second-order valence-electron chi connectivity index (χ2n) is 6.07. The largest absolute Gasteiger partial charge is 0.313 e. The third kappa shape index (κ3) is 4.68. The van der Waals surface area contributed by atoms with E-state index in [-0.39, 0.29) is 10.3 Å². The van der Waals surface area contributed by atoms with E-state index in [1.807, 2.05) is 0 Å². The van der Waals surface area contributed by atoms with Gasteiger partial charge in [0.2, 0.25) is 10.0 Å². The van der Waals surface area contributed by atoms with Gasteiger partial charge in [-0.3, -0.25) is 0 Å². The smallest absolute Gasteiger partial charge is 0.240 e. The molecular formula is C15H23ClN2O2S. The highest BCUT2D eigenvalue weighted by atomic mass is 35.5. The molecule has 0 amide bonds. The molecule has 0 radical (unpaired) electrons. The molecule has 0 aliphatic heterocycles. The van der Waals surface area contributed by atoms with Gasteiger partial charge < -0.3 is 5.32 Å². The molecule has 1 aromatic carbocycles. The summed E-state index contributed by atoms with van der Waals surface area (Å²) in [5.41, 5.74) is 0.955. The third-order valence-corrected chi connectivity index (χ3v) is 5.63. The zero-order chi connectivity index (χ0) is 15.5. The molecule has 21 heavy (non-hydrogen) atoms. The predicted octanol–water partition coefficient (Wildman–Crippen LogP) is 2.92. The van der Waals surface area contributed by atoms with Crippen LogP contribution in [0.4, 0.5) is 0 Å². The maximum Gasteiger partial charge on any atom is 0.240 e. The van der Waals surface area contributed by atoms with Crippen LogP contribution in [-0.4, -0.2) is 21.5 Å². The van der Waals surface area contributed by atoms with Crippen molar-refractivity contribution in [2.24, 2.45) is 5.41 Å². The van der Waals surface area contributed by atoms with E-state index >= 15 is 0 Å². The molecule has 0 heterocycles. The molecule has 1 aliphatic carbocycles. The van der Waals surface area contributed by atoms with E-state index in [1.165, 1.54) is 0 Å². The Morgan fingerprint density at radius 3 is 2.67 bits per heavy atom. The van der Waals surface area contributed by atoms with Gasteiger partial charge in [-0.05, 0) is 55.0 Å². The molecule has 6 heteroatoms. The van der Waals surface area contributed by atoms with Crippen LogP contribution in [0.25, 0.3) is 0 Å². The first-order valence-corrected chi connectivity index (χ1v) is 9.21. The SMILES string of the molecule is CCCNCc1cc(S(=O)(=O)NCC2(C)CC2)ccc1Cl. The fraction of sp³-hybridized carbons (Fsp3) is 0.600.